The maximum atomic E-state index is 5.97. The smallest absolute Gasteiger partial charge is 0.181 e. The number of aromatic nitrogens is 1. The molecule has 98 valence electrons. The van der Waals surface area contributed by atoms with E-state index in [2.05, 4.69) is 16.6 Å². The molecule has 0 radical (unpaired) electrons. The Hall–Kier alpha value is -1.79. The summed E-state index contributed by atoms with van der Waals surface area (Å²) >= 11 is 2.90. The van der Waals surface area contributed by atoms with Gasteiger partial charge in [0.25, 0.3) is 0 Å². The topological polar surface area (TPSA) is 77.3 Å². The third-order valence-electron chi connectivity index (χ3n) is 2.36. The Balaban J connectivity index is 2.36. The molecule has 0 atom stereocenters. The van der Waals surface area contributed by atoms with Gasteiger partial charge in [-0.15, -0.1) is 0 Å². The van der Waals surface area contributed by atoms with E-state index in [9.17, 15) is 0 Å². The first-order valence-corrected chi connectivity index (χ1v) is 7.28. The van der Waals surface area contributed by atoms with Gasteiger partial charge in [0.15, 0.2) is 5.13 Å². The Kier molecular flexibility index (Phi) is 4.24. The molecule has 1 heterocycles. The van der Waals surface area contributed by atoms with Crippen LogP contribution in [0, 0.1) is 0 Å². The van der Waals surface area contributed by atoms with Gasteiger partial charge in [0.05, 0.1) is 15.9 Å². The lowest BCUT2D eigenvalue weighted by atomic mass is 10.3. The van der Waals surface area contributed by atoms with E-state index in [1.54, 1.807) is 5.41 Å². The van der Waals surface area contributed by atoms with Crippen molar-refractivity contribution < 1.29 is 0 Å². The summed E-state index contributed by atoms with van der Waals surface area (Å²) in [5.41, 5.74) is 13.2. The highest BCUT2D eigenvalue weighted by Gasteiger charge is 2.04. The van der Waals surface area contributed by atoms with Gasteiger partial charge in [-0.3, -0.25) is 0 Å². The quantitative estimate of drug-likeness (QED) is 0.665. The Morgan fingerprint density at radius 1 is 1.53 bits per heavy atom. The number of amidine groups is 1. The first kappa shape index (κ1) is 13.6. The average Bonchev–Trinajstić information content (AvgIpc) is 2.75. The SMILES string of the molecule is C=CS/C(=C\C)C(N)=Nc1ccc2sc(N)nc2c1. The minimum atomic E-state index is 0.468. The molecule has 4 N–H and O–H groups in total. The Morgan fingerprint density at radius 3 is 3.00 bits per heavy atom. The lowest BCUT2D eigenvalue weighted by molar-refractivity contribution is 1.46. The summed E-state index contributed by atoms with van der Waals surface area (Å²) in [6.07, 6.45) is 1.91. The molecule has 0 aliphatic heterocycles. The molecule has 2 aromatic rings. The molecule has 1 aromatic carbocycles. The number of hydrogen-bond acceptors (Lipinski definition) is 5. The fraction of sp³-hybridized carbons (Fsp3) is 0.0769. The van der Waals surface area contributed by atoms with E-state index in [0.29, 0.717) is 11.0 Å². The molecule has 2 rings (SSSR count). The third-order valence-corrected chi connectivity index (χ3v) is 4.09. The maximum absolute atomic E-state index is 5.97. The van der Waals surface area contributed by atoms with Crippen LogP contribution in [0.3, 0.4) is 0 Å². The second kappa shape index (κ2) is 5.90. The highest BCUT2D eigenvalue weighted by molar-refractivity contribution is 8.06. The number of hydrogen-bond donors (Lipinski definition) is 2. The van der Waals surface area contributed by atoms with Crippen LogP contribution in [0.1, 0.15) is 6.92 Å². The van der Waals surface area contributed by atoms with E-state index in [1.807, 2.05) is 31.2 Å². The van der Waals surface area contributed by atoms with Crippen LogP contribution >= 0.6 is 23.1 Å². The number of benzene rings is 1. The Bertz CT molecular complexity index is 670. The van der Waals surface area contributed by atoms with E-state index < -0.39 is 0 Å². The number of thiazole rings is 1. The molecule has 0 fully saturated rings. The van der Waals surface area contributed by atoms with E-state index in [-0.39, 0.29) is 0 Å². The number of allylic oxidation sites excluding steroid dienone is 1. The van der Waals surface area contributed by atoms with Gasteiger partial charge in [-0.1, -0.05) is 35.8 Å². The summed E-state index contributed by atoms with van der Waals surface area (Å²) in [7, 11) is 0. The molecule has 0 aliphatic carbocycles. The van der Waals surface area contributed by atoms with Gasteiger partial charge in [-0.25, -0.2) is 9.98 Å². The standard InChI is InChI=1S/C13H14N4S2/c1-3-10(18-4-2)12(14)16-8-5-6-11-9(7-8)17-13(15)19-11/h3-7H,2H2,1H3,(H2,14,16)(H2,15,17)/b10-3-. The first-order valence-electron chi connectivity index (χ1n) is 5.58. The van der Waals surface area contributed by atoms with Crippen molar-refractivity contribution in [3.8, 4) is 0 Å². The minimum absolute atomic E-state index is 0.468. The van der Waals surface area contributed by atoms with Crippen molar-refractivity contribution in [1.82, 2.24) is 4.98 Å². The Labute approximate surface area is 119 Å². The van der Waals surface area contributed by atoms with Crippen LogP contribution in [0.2, 0.25) is 0 Å². The highest BCUT2D eigenvalue weighted by atomic mass is 32.2. The molecule has 0 unspecified atom stereocenters. The number of nitrogens with zero attached hydrogens (tertiary/aromatic N) is 2. The predicted molar refractivity (Wildman–Crippen MR) is 86.9 cm³/mol. The fourth-order valence-electron chi connectivity index (χ4n) is 1.56. The molecule has 1 aromatic heterocycles. The zero-order chi connectivity index (χ0) is 13.8. The van der Waals surface area contributed by atoms with E-state index in [1.165, 1.54) is 23.1 Å². The summed E-state index contributed by atoms with van der Waals surface area (Å²) in [4.78, 5) is 9.50. The molecule has 0 amide bonds. The normalized spacial score (nSPS) is 12.9. The first-order chi connectivity index (χ1) is 9.13. The third kappa shape index (κ3) is 3.15. The van der Waals surface area contributed by atoms with Gasteiger partial charge in [-0.05, 0) is 30.5 Å². The molecule has 19 heavy (non-hydrogen) atoms. The number of rotatable bonds is 4. The molecule has 0 aliphatic rings. The van der Waals surface area contributed by atoms with Crippen LogP contribution in [0.25, 0.3) is 10.2 Å². The van der Waals surface area contributed by atoms with E-state index >= 15 is 0 Å². The number of fused-ring (bicyclic) bond motifs is 1. The zero-order valence-electron chi connectivity index (χ0n) is 10.5. The van der Waals surface area contributed by atoms with Crippen LogP contribution < -0.4 is 11.5 Å². The predicted octanol–water partition coefficient (Wildman–Crippen LogP) is 3.65. The summed E-state index contributed by atoms with van der Waals surface area (Å²) in [5.74, 6) is 0.468. The van der Waals surface area contributed by atoms with Crippen LogP contribution in [-0.2, 0) is 0 Å². The van der Waals surface area contributed by atoms with Gasteiger partial charge >= 0.3 is 0 Å². The van der Waals surface area contributed by atoms with Crippen molar-refractivity contribution in [3.63, 3.8) is 0 Å². The monoisotopic (exact) mass is 290 g/mol. The molecule has 0 saturated carbocycles. The van der Waals surface area contributed by atoms with E-state index in [0.717, 1.165) is 20.8 Å². The Morgan fingerprint density at radius 2 is 2.32 bits per heavy atom. The second-order valence-corrected chi connectivity index (χ2v) is 5.71. The van der Waals surface area contributed by atoms with Crippen molar-refractivity contribution in [3.05, 3.63) is 41.2 Å². The molecule has 0 saturated heterocycles. The van der Waals surface area contributed by atoms with Crippen molar-refractivity contribution in [2.24, 2.45) is 10.7 Å². The second-order valence-electron chi connectivity index (χ2n) is 3.64. The lowest BCUT2D eigenvalue weighted by Gasteiger charge is -2.02. The van der Waals surface area contributed by atoms with Crippen LogP contribution in [0.15, 0.2) is 46.2 Å². The maximum Gasteiger partial charge on any atom is 0.181 e. The fourth-order valence-corrected chi connectivity index (χ4v) is 2.76. The summed E-state index contributed by atoms with van der Waals surface area (Å²) in [6.45, 7) is 5.59. The molecule has 0 bridgehead atoms. The van der Waals surface area contributed by atoms with Crippen LogP contribution in [0.4, 0.5) is 10.8 Å². The van der Waals surface area contributed by atoms with E-state index in [4.69, 9.17) is 11.5 Å². The minimum Gasteiger partial charge on any atom is -0.383 e. The lowest BCUT2D eigenvalue weighted by Crippen LogP contribution is -2.11. The van der Waals surface area contributed by atoms with Crippen molar-refractivity contribution in [2.45, 2.75) is 6.92 Å². The number of aliphatic imine (C=N–C) groups is 1. The highest BCUT2D eigenvalue weighted by Crippen LogP contribution is 2.28. The van der Waals surface area contributed by atoms with Crippen molar-refractivity contribution in [2.75, 3.05) is 5.73 Å². The van der Waals surface area contributed by atoms with Crippen LogP contribution in [0.5, 0.6) is 0 Å². The molecule has 6 heteroatoms. The molecule has 4 nitrogen and oxygen atoms in total. The van der Waals surface area contributed by atoms with Gasteiger partial charge in [0.2, 0.25) is 0 Å². The summed E-state index contributed by atoms with van der Waals surface area (Å²) in [5, 5.41) is 2.28. The average molecular weight is 290 g/mol. The number of thioether (sulfide) groups is 1. The van der Waals surface area contributed by atoms with Gasteiger partial charge < -0.3 is 11.5 Å². The van der Waals surface area contributed by atoms with Gasteiger partial charge in [0, 0.05) is 4.91 Å². The summed E-state index contributed by atoms with van der Waals surface area (Å²) < 4.78 is 1.04. The zero-order valence-corrected chi connectivity index (χ0v) is 12.1. The van der Waals surface area contributed by atoms with Crippen molar-refractivity contribution >= 4 is 50.0 Å². The number of anilines is 1. The van der Waals surface area contributed by atoms with Crippen LogP contribution in [-0.4, -0.2) is 10.8 Å². The number of nitrogen functional groups attached to an aromatic ring is 1. The van der Waals surface area contributed by atoms with Gasteiger partial charge in [0.1, 0.15) is 5.84 Å². The molecule has 0 spiro atoms. The molecular weight excluding hydrogens is 276 g/mol. The molecular formula is C13H14N4S2. The van der Waals surface area contributed by atoms with Gasteiger partial charge in [-0.2, -0.15) is 0 Å². The largest absolute Gasteiger partial charge is 0.383 e. The van der Waals surface area contributed by atoms with Crippen molar-refractivity contribution in [1.29, 1.82) is 0 Å². The summed E-state index contributed by atoms with van der Waals surface area (Å²) in [6, 6.07) is 5.73. The number of nitrogens with two attached hydrogens (primary N) is 2.